The van der Waals surface area contributed by atoms with Crippen molar-refractivity contribution in [3.05, 3.63) is 35.9 Å². The van der Waals surface area contributed by atoms with Gasteiger partial charge in [-0.15, -0.1) is 0 Å². The van der Waals surface area contributed by atoms with Gasteiger partial charge in [-0.3, -0.25) is 0 Å². The van der Waals surface area contributed by atoms with Crippen LogP contribution in [-0.2, 0) is 5.41 Å². The molecule has 0 atom stereocenters. The van der Waals surface area contributed by atoms with Crippen LogP contribution >= 0.6 is 0 Å². The van der Waals surface area contributed by atoms with Crippen LogP contribution in [0.2, 0.25) is 0 Å². The van der Waals surface area contributed by atoms with E-state index in [1.807, 2.05) is 12.1 Å². The lowest BCUT2D eigenvalue weighted by Gasteiger charge is -2.47. The van der Waals surface area contributed by atoms with E-state index >= 15 is 0 Å². The molecule has 2 aromatic rings. The van der Waals surface area contributed by atoms with Crippen molar-refractivity contribution in [2.24, 2.45) is 5.92 Å². The van der Waals surface area contributed by atoms with Crippen molar-refractivity contribution in [3.63, 3.8) is 0 Å². The predicted molar refractivity (Wildman–Crippen MR) is 80.1 cm³/mol. The SMILES string of the molecule is Oc1ccc(C23CCC(CC2)CC3)c2c(O)cccc12. The summed E-state index contributed by atoms with van der Waals surface area (Å²) < 4.78 is 0. The molecule has 0 saturated heterocycles. The van der Waals surface area contributed by atoms with Crippen LogP contribution in [-0.4, -0.2) is 10.2 Å². The van der Waals surface area contributed by atoms with E-state index in [1.54, 1.807) is 18.2 Å². The molecule has 104 valence electrons. The van der Waals surface area contributed by atoms with Gasteiger partial charge in [-0.25, -0.2) is 0 Å². The van der Waals surface area contributed by atoms with Crippen molar-refractivity contribution in [2.45, 2.75) is 43.9 Å². The quantitative estimate of drug-likeness (QED) is 0.801. The van der Waals surface area contributed by atoms with Crippen LogP contribution in [0.4, 0.5) is 0 Å². The minimum Gasteiger partial charge on any atom is -0.507 e. The number of benzene rings is 2. The van der Waals surface area contributed by atoms with E-state index in [0.717, 1.165) is 16.7 Å². The fourth-order valence-corrected chi connectivity index (χ4v) is 4.47. The standard InChI is InChI=1S/C18H20O2/c19-15-5-4-14(17-13(15)2-1-3-16(17)20)18-9-6-12(7-10-18)8-11-18/h1-5,12,19-20H,6-11H2. The third-order valence-corrected chi connectivity index (χ3v) is 5.66. The Morgan fingerprint density at radius 2 is 1.55 bits per heavy atom. The molecule has 2 heteroatoms. The zero-order chi connectivity index (χ0) is 13.7. The molecule has 0 unspecified atom stereocenters. The van der Waals surface area contributed by atoms with E-state index in [0.29, 0.717) is 5.75 Å². The topological polar surface area (TPSA) is 40.5 Å². The Hall–Kier alpha value is -1.70. The van der Waals surface area contributed by atoms with Gasteiger partial charge in [-0.1, -0.05) is 18.2 Å². The van der Waals surface area contributed by atoms with E-state index in [1.165, 1.54) is 44.1 Å². The predicted octanol–water partition coefficient (Wildman–Crippen LogP) is 4.47. The third kappa shape index (κ3) is 1.57. The molecule has 0 heterocycles. The van der Waals surface area contributed by atoms with Crippen molar-refractivity contribution in [2.75, 3.05) is 0 Å². The van der Waals surface area contributed by atoms with Crippen molar-refractivity contribution < 1.29 is 10.2 Å². The fraction of sp³-hybridized carbons (Fsp3) is 0.444. The molecule has 3 fully saturated rings. The van der Waals surface area contributed by atoms with Gasteiger partial charge in [0.25, 0.3) is 0 Å². The highest BCUT2D eigenvalue weighted by Crippen LogP contribution is 2.54. The first-order chi connectivity index (χ1) is 9.70. The Morgan fingerprint density at radius 3 is 2.25 bits per heavy atom. The summed E-state index contributed by atoms with van der Waals surface area (Å²) in [6.45, 7) is 0. The molecule has 5 rings (SSSR count). The summed E-state index contributed by atoms with van der Waals surface area (Å²) in [4.78, 5) is 0. The average Bonchev–Trinajstić information content (AvgIpc) is 2.50. The van der Waals surface area contributed by atoms with Crippen molar-refractivity contribution >= 4 is 10.8 Å². The molecule has 2 nitrogen and oxygen atoms in total. The van der Waals surface area contributed by atoms with Crippen molar-refractivity contribution in [3.8, 4) is 11.5 Å². The fourth-order valence-electron chi connectivity index (χ4n) is 4.47. The normalized spacial score (nSPS) is 28.9. The Kier molecular flexibility index (Phi) is 2.50. The summed E-state index contributed by atoms with van der Waals surface area (Å²) in [5.74, 6) is 1.49. The summed E-state index contributed by atoms with van der Waals surface area (Å²) in [5, 5.41) is 22.0. The zero-order valence-electron chi connectivity index (χ0n) is 11.6. The summed E-state index contributed by atoms with van der Waals surface area (Å²) in [5.41, 5.74) is 1.47. The van der Waals surface area contributed by atoms with Crippen LogP contribution < -0.4 is 0 Å². The first-order valence-electron chi connectivity index (χ1n) is 7.64. The molecule has 0 spiro atoms. The van der Waals surface area contributed by atoms with E-state index in [4.69, 9.17) is 0 Å². The largest absolute Gasteiger partial charge is 0.507 e. The highest BCUT2D eigenvalue weighted by molar-refractivity contribution is 5.96. The number of hydrogen-bond donors (Lipinski definition) is 2. The first-order valence-corrected chi connectivity index (χ1v) is 7.64. The second-order valence-electron chi connectivity index (χ2n) is 6.59. The van der Waals surface area contributed by atoms with Gasteiger partial charge in [-0.2, -0.15) is 0 Å². The number of rotatable bonds is 1. The lowest BCUT2D eigenvalue weighted by atomic mass is 9.57. The second-order valence-corrected chi connectivity index (χ2v) is 6.59. The summed E-state index contributed by atoms with van der Waals surface area (Å²) in [7, 11) is 0. The van der Waals surface area contributed by atoms with Gasteiger partial charge in [0.05, 0.1) is 0 Å². The van der Waals surface area contributed by atoms with Crippen molar-refractivity contribution in [1.82, 2.24) is 0 Å². The smallest absolute Gasteiger partial charge is 0.123 e. The van der Waals surface area contributed by atoms with Crippen LogP contribution in [0.5, 0.6) is 11.5 Å². The molecule has 0 radical (unpaired) electrons. The van der Waals surface area contributed by atoms with E-state index in [-0.39, 0.29) is 11.2 Å². The molecule has 20 heavy (non-hydrogen) atoms. The summed E-state index contributed by atoms with van der Waals surface area (Å²) in [6.07, 6.45) is 7.63. The average molecular weight is 268 g/mol. The minimum absolute atomic E-state index is 0.222. The summed E-state index contributed by atoms with van der Waals surface area (Å²) in [6, 6.07) is 9.28. The molecule has 0 aliphatic heterocycles. The molecule has 2 aromatic carbocycles. The van der Waals surface area contributed by atoms with Crippen LogP contribution in [0.25, 0.3) is 10.8 Å². The van der Waals surface area contributed by atoms with Crippen LogP contribution in [0.15, 0.2) is 30.3 Å². The van der Waals surface area contributed by atoms with E-state index in [9.17, 15) is 10.2 Å². The van der Waals surface area contributed by atoms with Crippen LogP contribution in [0, 0.1) is 5.92 Å². The van der Waals surface area contributed by atoms with Crippen LogP contribution in [0.1, 0.15) is 44.1 Å². The monoisotopic (exact) mass is 268 g/mol. The Bertz CT molecular complexity index is 653. The Balaban J connectivity index is 1.98. The maximum absolute atomic E-state index is 10.3. The highest BCUT2D eigenvalue weighted by Gasteiger charge is 2.42. The Labute approximate surface area is 119 Å². The van der Waals surface area contributed by atoms with Gasteiger partial charge in [0.2, 0.25) is 0 Å². The van der Waals surface area contributed by atoms with E-state index < -0.39 is 0 Å². The minimum atomic E-state index is 0.222. The van der Waals surface area contributed by atoms with Gasteiger partial charge in [0.1, 0.15) is 11.5 Å². The lowest BCUT2D eigenvalue weighted by molar-refractivity contribution is 0.137. The molecule has 0 aromatic heterocycles. The van der Waals surface area contributed by atoms with Gasteiger partial charge < -0.3 is 10.2 Å². The maximum atomic E-state index is 10.3. The van der Waals surface area contributed by atoms with Gasteiger partial charge >= 0.3 is 0 Å². The molecular weight excluding hydrogens is 248 g/mol. The second kappa shape index (κ2) is 4.15. The number of phenolic OH excluding ortho intramolecular Hbond substituents is 2. The molecule has 3 aliphatic rings. The Morgan fingerprint density at radius 1 is 0.850 bits per heavy atom. The number of hydrogen-bond acceptors (Lipinski definition) is 2. The summed E-state index contributed by atoms with van der Waals surface area (Å²) >= 11 is 0. The lowest BCUT2D eigenvalue weighted by Crippen LogP contribution is -2.37. The molecule has 2 bridgehead atoms. The van der Waals surface area contributed by atoms with E-state index in [2.05, 4.69) is 0 Å². The highest BCUT2D eigenvalue weighted by atomic mass is 16.3. The number of fused-ring (bicyclic) bond motifs is 4. The molecule has 0 amide bonds. The third-order valence-electron chi connectivity index (χ3n) is 5.66. The molecule has 2 N–H and O–H groups in total. The molecule has 3 saturated carbocycles. The molecular formula is C18H20O2. The van der Waals surface area contributed by atoms with Crippen LogP contribution in [0.3, 0.4) is 0 Å². The molecule has 3 aliphatic carbocycles. The maximum Gasteiger partial charge on any atom is 0.123 e. The van der Waals surface area contributed by atoms with Crippen molar-refractivity contribution in [1.29, 1.82) is 0 Å². The number of phenols is 2. The number of aromatic hydroxyl groups is 2. The van der Waals surface area contributed by atoms with Gasteiger partial charge in [0.15, 0.2) is 0 Å². The zero-order valence-corrected chi connectivity index (χ0v) is 11.6. The van der Waals surface area contributed by atoms with Gasteiger partial charge in [0, 0.05) is 10.8 Å². The first kappa shape index (κ1) is 12.1. The van der Waals surface area contributed by atoms with Gasteiger partial charge in [-0.05, 0) is 67.6 Å².